The first-order valence-corrected chi connectivity index (χ1v) is 8.52. The first kappa shape index (κ1) is 16.8. The van der Waals surface area contributed by atoms with Crippen LogP contribution >= 0.6 is 0 Å². The van der Waals surface area contributed by atoms with E-state index < -0.39 is 0 Å². The Morgan fingerprint density at radius 2 is 1.95 bits per heavy atom. The fourth-order valence-corrected chi connectivity index (χ4v) is 3.47. The Hall–Kier alpha value is -0.610. The van der Waals surface area contributed by atoms with Crippen LogP contribution in [0.3, 0.4) is 0 Å². The molecule has 21 heavy (non-hydrogen) atoms. The highest BCUT2D eigenvalue weighted by molar-refractivity contribution is 5.84. The minimum absolute atomic E-state index is 0.00848. The van der Waals surface area contributed by atoms with Crippen LogP contribution in [0.2, 0.25) is 0 Å². The van der Waals surface area contributed by atoms with Crippen LogP contribution in [0.4, 0.5) is 0 Å². The molecule has 2 saturated heterocycles. The van der Waals surface area contributed by atoms with Crippen molar-refractivity contribution in [3.05, 3.63) is 0 Å². The molecular formula is C17H32N2O2. The summed E-state index contributed by atoms with van der Waals surface area (Å²) >= 11 is 0. The summed E-state index contributed by atoms with van der Waals surface area (Å²) < 4.78 is 5.49. The van der Waals surface area contributed by atoms with Crippen molar-refractivity contribution < 1.29 is 9.53 Å². The van der Waals surface area contributed by atoms with Crippen molar-refractivity contribution in [3.8, 4) is 0 Å². The molecule has 3 atom stereocenters. The second-order valence-electron chi connectivity index (χ2n) is 7.61. The summed E-state index contributed by atoms with van der Waals surface area (Å²) in [5.41, 5.74) is 0.201. The number of nitrogens with one attached hydrogen (secondary N) is 1. The lowest BCUT2D eigenvalue weighted by molar-refractivity contribution is -0.134. The third kappa shape index (κ3) is 3.59. The quantitative estimate of drug-likeness (QED) is 0.848. The van der Waals surface area contributed by atoms with Crippen LogP contribution in [0.15, 0.2) is 0 Å². The van der Waals surface area contributed by atoms with E-state index in [9.17, 15) is 4.79 Å². The van der Waals surface area contributed by atoms with Gasteiger partial charge in [-0.1, -0.05) is 41.0 Å². The molecule has 0 bridgehead atoms. The fourth-order valence-electron chi connectivity index (χ4n) is 3.47. The number of rotatable bonds is 5. The summed E-state index contributed by atoms with van der Waals surface area (Å²) in [5, 5.41) is 3.59. The number of amides is 1. The van der Waals surface area contributed by atoms with Crippen LogP contribution in [-0.2, 0) is 9.53 Å². The zero-order valence-electron chi connectivity index (χ0n) is 14.3. The molecule has 2 fully saturated rings. The van der Waals surface area contributed by atoms with Crippen molar-refractivity contribution in [1.29, 1.82) is 0 Å². The van der Waals surface area contributed by atoms with Gasteiger partial charge < -0.3 is 9.64 Å². The largest absolute Gasteiger partial charge is 0.381 e. The number of carbonyl (C=O) groups excluding carboxylic acids is 1. The third-order valence-electron chi connectivity index (χ3n) is 5.33. The van der Waals surface area contributed by atoms with Crippen LogP contribution in [0.5, 0.6) is 0 Å². The third-order valence-corrected chi connectivity index (χ3v) is 5.33. The molecule has 2 heterocycles. The zero-order valence-corrected chi connectivity index (χ0v) is 14.3. The number of nitrogens with zero attached hydrogens (tertiary/aromatic N) is 1. The van der Waals surface area contributed by atoms with E-state index in [0.717, 1.165) is 39.0 Å². The van der Waals surface area contributed by atoms with Crippen molar-refractivity contribution in [2.75, 3.05) is 19.8 Å². The minimum atomic E-state index is -0.00848. The lowest BCUT2D eigenvalue weighted by Gasteiger charge is -2.39. The molecule has 4 heteroatoms. The van der Waals surface area contributed by atoms with Gasteiger partial charge in [-0.05, 0) is 30.1 Å². The monoisotopic (exact) mass is 296 g/mol. The number of ether oxygens (including phenoxy) is 1. The number of hydrogen-bond donors (Lipinski definition) is 1. The van der Waals surface area contributed by atoms with Gasteiger partial charge in [0.2, 0.25) is 5.91 Å². The highest BCUT2D eigenvalue weighted by Gasteiger charge is 2.44. The molecule has 0 radical (unpaired) electrons. The Balaban J connectivity index is 2.12. The molecule has 0 spiro atoms. The zero-order chi connectivity index (χ0) is 15.6. The van der Waals surface area contributed by atoms with E-state index in [-0.39, 0.29) is 17.6 Å². The molecule has 1 amide bonds. The van der Waals surface area contributed by atoms with Gasteiger partial charge in [0.05, 0.1) is 12.2 Å². The highest BCUT2D eigenvalue weighted by Crippen LogP contribution is 2.34. The summed E-state index contributed by atoms with van der Waals surface area (Å²) in [7, 11) is 0. The van der Waals surface area contributed by atoms with Crippen LogP contribution in [-0.4, -0.2) is 42.8 Å². The SMILES string of the molecule is CCC(C)C1NC(C(C)C)N(CC2(C)CCOCC2)C1=O. The van der Waals surface area contributed by atoms with Gasteiger partial charge in [-0.25, -0.2) is 0 Å². The van der Waals surface area contributed by atoms with Gasteiger partial charge in [0, 0.05) is 19.8 Å². The lowest BCUT2D eigenvalue weighted by Crippen LogP contribution is -2.47. The number of carbonyl (C=O) groups is 1. The normalized spacial score (nSPS) is 31.0. The van der Waals surface area contributed by atoms with Crippen molar-refractivity contribution in [3.63, 3.8) is 0 Å². The van der Waals surface area contributed by atoms with Gasteiger partial charge in [0.25, 0.3) is 0 Å². The second kappa shape index (κ2) is 6.66. The predicted octanol–water partition coefficient (Wildman–Crippen LogP) is 2.63. The first-order chi connectivity index (χ1) is 9.88. The smallest absolute Gasteiger partial charge is 0.241 e. The molecule has 1 N–H and O–H groups in total. The molecular weight excluding hydrogens is 264 g/mol. The molecule has 4 nitrogen and oxygen atoms in total. The Morgan fingerprint density at radius 1 is 1.33 bits per heavy atom. The van der Waals surface area contributed by atoms with E-state index in [4.69, 9.17) is 4.74 Å². The van der Waals surface area contributed by atoms with E-state index in [1.54, 1.807) is 0 Å². The maximum atomic E-state index is 12.9. The molecule has 0 aromatic heterocycles. The average Bonchev–Trinajstić information content (AvgIpc) is 2.76. The summed E-state index contributed by atoms with van der Waals surface area (Å²) in [6.07, 6.45) is 3.31. The number of hydrogen-bond acceptors (Lipinski definition) is 3. The molecule has 0 aromatic carbocycles. The van der Waals surface area contributed by atoms with Gasteiger partial charge in [-0.15, -0.1) is 0 Å². The van der Waals surface area contributed by atoms with Gasteiger partial charge in [0.15, 0.2) is 0 Å². The molecule has 0 aliphatic carbocycles. The van der Waals surface area contributed by atoms with Crippen LogP contribution < -0.4 is 5.32 Å². The Kier molecular flexibility index (Phi) is 5.31. The predicted molar refractivity (Wildman–Crippen MR) is 84.9 cm³/mol. The summed E-state index contributed by atoms with van der Waals surface area (Å²) in [4.78, 5) is 15.0. The van der Waals surface area contributed by atoms with E-state index in [1.165, 1.54) is 0 Å². The van der Waals surface area contributed by atoms with E-state index in [2.05, 4.69) is 44.8 Å². The average molecular weight is 296 g/mol. The molecule has 0 aromatic rings. The van der Waals surface area contributed by atoms with Gasteiger partial charge in [-0.2, -0.15) is 0 Å². The molecule has 2 aliphatic heterocycles. The molecule has 2 rings (SSSR count). The maximum absolute atomic E-state index is 12.9. The molecule has 2 aliphatic rings. The van der Waals surface area contributed by atoms with Crippen molar-refractivity contribution in [1.82, 2.24) is 10.2 Å². The molecule has 0 saturated carbocycles. The van der Waals surface area contributed by atoms with Crippen LogP contribution in [0.25, 0.3) is 0 Å². The lowest BCUT2D eigenvalue weighted by atomic mass is 9.81. The topological polar surface area (TPSA) is 41.6 Å². The summed E-state index contributed by atoms with van der Waals surface area (Å²) in [6, 6.07) is -0.00848. The minimum Gasteiger partial charge on any atom is -0.381 e. The van der Waals surface area contributed by atoms with E-state index in [1.807, 2.05) is 0 Å². The Morgan fingerprint density at radius 3 is 2.48 bits per heavy atom. The molecule has 122 valence electrons. The van der Waals surface area contributed by atoms with Gasteiger partial charge in [-0.3, -0.25) is 10.1 Å². The molecule has 3 unspecified atom stereocenters. The van der Waals surface area contributed by atoms with Crippen LogP contribution in [0, 0.1) is 17.3 Å². The highest BCUT2D eigenvalue weighted by atomic mass is 16.5. The van der Waals surface area contributed by atoms with Crippen molar-refractivity contribution in [2.45, 2.75) is 66.1 Å². The summed E-state index contributed by atoms with van der Waals surface area (Å²) in [6.45, 7) is 13.5. The van der Waals surface area contributed by atoms with Crippen LogP contribution in [0.1, 0.15) is 53.9 Å². The second-order valence-corrected chi connectivity index (χ2v) is 7.61. The standard InChI is InChI=1S/C17H32N2O2/c1-6-13(4)14-16(20)19(15(18-14)12(2)3)11-17(5)7-9-21-10-8-17/h12-15,18H,6-11H2,1-5H3. The fraction of sp³-hybridized carbons (Fsp3) is 0.941. The Bertz CT molecular complexity index is 364. The van der Waals surface area contributed by atoms with E-state index >= 15 is 0 Å². The Labute approximate surface area is 129 Å². The van der Waals surface area contributed by atoms with Gasteiger partial charge >= 0.3 is 0 Å². The summed E-state index contributed by atoms with van der Waals surface area (Å²) in [5.74, 6) is 1.13. The first-order valence-electron chi connectivity index (χ1n) is 8.52. The maximum Gasteiger partial charge on any atom is 0.241 e. The van der Waals surface area contributed by atoms with Crippen molar-refractivity contribution >= 4 is 5.91 Å². The van der Waals surface area contributed by atoms with E-state index in [0.29, 0.717) is 17.7 Å². The van der Waals surface area contributed by atoms with Crippen molar-refractivity contribution in [2.24, 2.45) is 17.3 Å². The van der Waals surface area contributed by atoms with Gasteiger partial charge in [0.1, 0.15) is 0 Å².